The van der Waals surface area contributed by atoms with Gasteiger partial charge in [0.1, 0.15) is 6.54 Å². The number of aromatic nitrogens is 2. The number of rotatable bonds is 4. The lowest BCUT2D eigenvalue weighted by molar-refractivity contribution is 0.381. The van der Waals surface area contributed by atoms with Crippen molar-refractivity contribution in [2.75, 3.05) is 5.32 Å². The first kappa shape index (κ1) is 19.6. The molecule has 27 heavy (non-hydrogen) atoms. The van der Waals surface area contributed by atoms with E-state index < -0.39 is 0 Å². The lowest BCUT2D eigenvalue weighted by Gasteiger charge is -2.07. The standard InChI is InChI=1S/C19H18ClN5O.HI/c20-15-6-2-5-14(9-15)18-24-17(26-25-18)11-22-19(21)23-16-8-7-12-3-1-4-13(12)10-16;/h2,5-10H,1,3-4,11H2,(H3,21,22,23);1H. The van der Waals surface area contributed by atoms with Crippen LogP contribution in [0.2, 0.25) is 5.02 Å². The topological polar surface area (TPSA) is 89.3 Å². The summed E-state index contributed by atoms with van der Waals surface area (Å²) in [6.45, 7) is 0.206. The molecular formula is C19H19ClIN5O. The second-order valence-electron chi connectivity index (χ2n) is 6.19. The Kier molecular flexibility index (Phi) is 6.33. The molecule has 0 bridgehead atoms. The van der Waals surface area contributed by atoms with Gasteiger partial charge in [0.05, 0.1) is 0 Å². The molecule has 1 aliphatic carbocycles. The summed E-state index contributed by atoms with van der Waals surface area (Å²) in [4.78, 5) is 8.59. The van der Waals surface area contributed by atoms with Crippen LogP contribution in [0.4, 0.5) is 5.69 Å². The molecule has 8 heteroatoms. The Morgan fingerprint density at radius 1 is 1.19 bits per heavy atom. The predicted molar refractivity (Wildman–Crippen MR) is 118 cm³/mol. The number of halogens is 2. The fraction of sp³-hybridized carbons (Fsp3) is 0.211. The molecule has 0 radical (unpaired) electrons. The molecule has 2 aromatic carbocycles. The quantitative estimate of drug-likeness (QED) is 0.318. The molecule has 140 valence electrons. The third-order valence-electron chi connectivity index (χ3n) is 4.31. The van der Waals surface area contributed by atoms with Crippen molar-refractivity contribution in [1.29, 1.82) is 0 Å². The highest BCUT2D eigenvalue weighted by molar-refractivity contribution is 14.0. The molecule has 3 aromatic rings. The third-order valence-corrected chi connectivity index (χ3v) is 4.54. The second-order valence-corrected chi connectivity index (χ2v) is 6.62. The molecule has 0 aliphatic heterocycles. The highest BCUT2D eigenvalue weighted by atomic mass is 127. The summed E-state index contributed by atoms with van der Waals surface area (Å²) in [5.74, 6) is 1.17. The van der Waals surface area contributed by atoms with Crippen LogP contribution in [0.25, 0.3) is 11.4 Å². The number of fused-ring (bicyclic) bond motifs is 1. The average Bonchev–Trinajstić information content (AvgIpc) is 3.29. The monoisotopic (exact) mass is 495 g/mol. The van der Waals surface area contributed by atoms with Crippen LogP contribution in [-0.2, 0) is 19.4 Å². The smallest absolute Gasteiger partial charge is 0.248 e. The number of nitrogens with one attached hydrogen (secondary N) is 1. The molecule has 0 amide bonds. The number of guanidine groups is 1. The molecule has 0 saturated heterocycles. The molecule has 4 rings (SSSR count). The summed E-state index contributed by atoms with van der Waals surface area (Å²) in [6.07, 6.45) is 3.50. The first-order valence-corrected chi connectivity index (χ1v) is 8.82. The van der Waals surface area contributed by atoms with Gasteiger partial charge in [-0.3, -0.25) is 0 Å². The zero-order chi connectivity index (χ0) is 17.9. The molecule has 1 aromatic heterocycles. The van der Waals surface area contributed by atoms with Crippen LogP contribution in [-0.4, -0.2) is 16.1 Å². The molecule has 3 N–H and O–H groups in total. The third kappa shape index (κ3) is 4.78. The van der Waals surface area contributed by atoms with Crippen LogP contribution in [0.15, 0.2) is 52.0 Å². The van der Waals surface area contributed by atoms with Crippen molar-refractivity contribution in [2.45, 2.75) is 25.8 Å². The van der Waals surface area contributed by atoms with Crippen LogP contribution in [0.5, 0.6) is 0 Å². The van der Waals surface area contributed by atoms with Gasteiger partial charge in [-0.1, -0.05) is 35.0 Å². The van der Waals surface area contributed by atoms with Gasteiger partial charge in [-0.25, -0.2) is 4.99 Å². The highest BCUT2D eigenvalue weighted by Gasteiger charge is 2.11. The van der Waals surface area contributed by atoms with E-state index in [4.69, 9.17) is 21.9 Å². The Morgan fingerprint density at radius 3 is 2.89 bits per heavy atom. The van der Waals surface area contributed by atoms with E-state index in [1.807, 2.05) is 18.2 Å². The Bertz CT molecular complexity index is 972. The van der Waals surface area contributed by atoms with Gasteiger partial charge in [-0.15, -0.1) is 24.0 Å². The van der Waals surface area contributed by atoms with Crippen molar-refractivity contribution >= 4 is 47.2 Å². The van der Waals surface area contributed by atoms with E-state index in [1.165, 1.54) is 17.5 Å². The number of aliphatic imine (C=N–C) groups is 1. The van der Waals surface area contributed by atoms with E-state index in [9.17, 15) is 0 Å². The van der Waals surface area contributed by atoms with Crippen molar-refractivity contribution in [3.8, 4) is 11.4 Å². The number of nitrogens with two attached hydrogens (primary N) is 1. The van der Waals surface area contributed by atoms with E-state index in [-0.39, 0.29) is 30.5 Å². The maximum atomic E-state index is 5.98. The van der Waals surface area contributed by atoms with E-state index in [1.54, 1.807) is 12.1 Å². The molecule has 0 atom stereocenters. The van der Waals surface area contributed by atoms with Crippen molar-refractivity contribution in [3.63, 3.8) is 0 Å². The minimum Gasteiger partial charge on any atom is -0.370 e. The van der Waals surface area contributed by atoms with E-state index in [0.29, 0.717) is 22.7 Å². The Balaban J connectivity index is 0.00000210. The van der Waals surface area contributed by atoms with E-state index in [2.05, 4.69) is 32.6 Å². The van der Waals surface area contributed by atoms with Gasteiger partial charge in [0.15, 0.2) is 5.96 Å². The molecule has 0 fully saturated rings. The minimum atomic E-state index is 0. The van der Waals surface area contributed by atoms with Crippen molar-refractivity contribution in [3.05, 3.63) is 64.5 Å². The second kappa shape index (κ2) is 8.71. The average molecular weight is 496 g/mol. The van der Waals surface area contributed by atoms with Crippen LogP contribution < -0.4 is 11.1 Å². The van der Waals surface area contributed by atoms with Crippen LogP contribution in [0.1, 0.15) is 23.4 Å². The number of anilines is 1. The molecular weight excluding hydrogens is 477 g/mol. The van der Waals surface area contributed by atoms with Gasteiger partial charge in [0.25, 0.3) is 0 Å². The summed E-state index contributed by atoms with van der Waals surface area (Å²) in [5, 5.41) is 7.68. The minimum absolute atomic E-state index is 0. The van der Waals surface area contributed by atoms with E-state index in [0.717, 1.165) is 24.1 Å². The lowest BCUT2D eigenvalue weighted by atomic mass is 10.1. The summed E-state index contributed by atoms with van der Waals surface area (Å²) in [5.41, 5.74) is 10.5. The molecule has 0 spiro atoms. The van der Waals surface area contributed by atoms with Gasteiger partial charge in [-0.05, 0) is 54.7 Å². The van der Waals surface area contributed by atoms with Gasteiger partial charge >= 0.3 is 0 Å². The first-order valence-electron chi connectivity index (χ1n) is 8.45. The molecule has 0 saturated carbocycles. The van der Waals surface area contributed by atoms with Crippen molar-refractivity contribution in [1.82, 2.24) is 10.1 Å². The van der Waals surface area contributed by atoms with E-state index >= 15 is 0 Å². The summed E-state index contributed by atoms with van der Waals surface area (Å²) in [7, 11) is 0. The van der Waals surface area contributed by atoms with Crippen LogP contribution >= 0.6 is 35.6 Å². The summed E-state index contributed by atoms with van der Waals surface area (Å²) >= 11 is 5.98. The number of hydrogen-bond acceptors (Lipinski definition) is 4. The van der Waals surface area contributed by atoms with Crippen LogP contribution in [0, 0.1) is 0 Å². The number of hydrogen-bond donors (Lipinski definition) is 2. The largest absolute Gasteiger partial charge is 0.370 e. The number of benzene rings is 2. The molecule has 6 nitrogen and oxygen atoms in total. The number of aryl methyl sites for hydroxylation is 2. The van der Waals surface area contributed by atoms with Crippen molar-refractivity contribution < 1.29 is 4.52 Å². The van der Waals surface area contributed by atoms with Gasteiger partial charge in [0, 0.05) is 16.3 Å². The van der Waals surface area contributed by atoms with Gasteiger partial charge < -0.3 is 15.6 Å². The van der Waals surface area contributed by atoms with Gasteiger partial charge in [0.2, 0.25) is 11.7 Å². The fourth-order valence-corrected chi connectivity index (χ4v) is 3.24. The maximum absolute atomic E-state index is 5.98. The van der Waals surface area contributed by atoms with Crippen LogP contribution in [0.3, 0.4) is 0 Å². The summed E-state index contributed by atoms with van der Waals surface area (Å²) in [6, 6.07) is 13.6. The first-order chi connectivity index (χ1) is 12.7. The Labute approximate surface area is 179 Å². The zero-order valence-corrected chi connectivity index (χ0v) is 17.6. The predicted octanol–water partition coefficient (Wildman–Crippen LogP) is 4.42. The van der Waals surface area contributed by atoms with Crippen molar-refractivity contribution in [2.24, 2.45) is 10.7 Å². The Morgan fingerprint density at radius 2 is 2.04 bits per heavy atom. The molecule has 0 unspecified atom stereocenters. The molecule has 1 heterocycles. The zero-order valence-electron chi connectivity index (χ0n) is 14.5. The Hall–Kier alpha value is -2.13. The molecule has 1 aliphatic rings. The fourth-order valence-electron chi connectivity index (χ4n) is 3.05. The highest BCUT2D eigenvalue weighted by Crippen LogP contribution is 2.25. The SMILES string of the molecule is I.NC(=NCc1nc(-c2cccc(Cl)c2)no1)Nc1ccc2c(c1)CCC2. The number of nitrogens with zero attached hydrogens (tertiary/aromatic N) is 3. The lowest BCUT2D eigenvalue weighted by Crippen LogP contribution is -2.22. The van der Waals surface area contributed by atoms with Gasteiger partial charge in [-0.2, -0.15) is 4.98 Å². The summed E-state index contributed by atoms with van der Waals surface area (Å²) < 4.78 is 5.23. The normalized spacial score (nSPS) is 13.1. The maximum Gasteiger partial charge on any atom is 0.248 e.